The lowest BCUT2D eigenvalue weighted by molar-refractivity contribution is 0.581. The molecule has 0 unspecified atom stereocenters. The number of nitrogens with one attached hydrogen (secondary N) is 1. The summed E-state index contributed by atoms with van der Waals surface area (Å²) in [5.41, 5.74) is 8.23. The second-order valence-electron chi connectivity index (χ2n) is 4.80. The average Bonchev–Trinajstić information content (AvgIpc) is 2.98. The molecule has 2 aromatic heterocycles. The van der Waals surface area contributed by atoms with Crippen LogP contribution in [0.15, 0.2) is 28.9 Å². The standard InChI is InChI=1S/C12H16N4O2S2/c13-4-10-3-12(7-16(10)9-1-2-9)20(17,18)15-6-11-5-14-8-19-11/h3,5,7-9,15H,1-2,4,6,13H2. The minimum absolute atomic E-state index is 0.263. The van der Waals surface area contributed by atoms with Crippen LogP contribution >= 0.6 is 11.3 Å². The summed E-state index contributed by atoms with van der Waals surface area (Å²) in [5.74, 6) is 0. The van der Waals surface area contributed by atoms with Crippen LogP contribution in [0.2, 0.25) is 0 Å². The van der Waals surface area contributed by atoms with Gasteiger partial charge in [-0.3, -0.25) is 4.98 Å². The Morgan fingerprint density at radius 2 is 2.30 bits per heavy atom. The monoisotopic (exact) mass is 312 g/mol. The van der Waals surface area contributed by atoms with Crippen molar-refractivity contribution < 1.29 is 8.42 Å². The predicted octanol–water partition coefficient (Wildman–Crippen LogP) is 1.22. The van der Waals surface area contributed by atoms with Gasteiger partial charge in [0.25, 0.3) is 0 Å². The molecule has 108 valence electrons. The largest absolute Gasteiger partial charge is 0.346 e. The van der Waals surface area contributed by atoms with Crippen molar-refractivity contribution in [3.05, 3.63) is 34.5 Å². The maximum atomic E-state index is 12.3. The normalized spacial score (nSPS) is 15.7. The van der Waals surface area contributed by atoms with Crippen LogP contribution in [-0.2, 0) is 23.1 Å². The first-order chi connectivity index (χ1) is 9.60. The summed E-state index contributed by atoms with van der Waals surface area (Å²) in [6, 6.07) is 2.08. The second kappa shape index (κ2) is 5.28. The Morgan fingerprint density at radius 1 is 1.50 bits per heavy atom. The molecule has 0 aromatic carbocycles. The smallest absolute Gasteiger partial charge is 0.242 e. The van der Waals surface area contributed by atoms with Crippen LogP contribution in [-0.4, -0.2) is 18.0 Å². The molecular weight excluding hydrogens is 296 g/mol. The summed E-state index contributed by atoms with van der Waals surface area (Å²) in [5, 5.41) is 0. The summed E-state index contributed by atoms with van der Waals surface area (Å²) < 4.78 is 29.1. The van der Waals surface area contributed by atoms with Crippen molar-refractivity contribution in [3.8, 4) is 0 Å². The van der Waals surface area contributed by atoms with E-state index in [0.717, 1.165) is 23.4 Å². The highest BCUT2D eigenvalue weighted by molar-refractivity contribution is 7.89. The van der Waals surface area contributed by atoms with Crippen LogP contribution in [0, 0.1) is 0 Å². The molecule has 0 atom stereocenters. The van der Waals surface area contributed by atoms with E-state index in [4.69, 9.17) is 5.73 Å². The number of thiazole rings is 1. The van der Waals surface area contributed by atoms with Crippen molar-refractivity contribution in [1.82, 2.24) is 14.3 Å². The molecule has 0 saturated heterocycles. The molecule has 1 saturated carbocycles. The highest BCUT2D eigenvalue weighted by atomic mass is 32.2. The number of aromatic nitrogens is 2. The van der Waals surface area contributed by atoms with Crippen LogP contribution < -0.4 is 10.5 Å². The Labute approximate surface area is 121 Å². The van der Waals surface area contributed by atoms with Crippen LogP contribution in [0.25, 0.3) is 0 Å². The van der Waals surface area contributed by atoms with Gasteiger partial charge in [-0.05, 0) is 18.9 Å². The van der Waals surface area contributed by atoms with Gasteiger partial charge in [-0.15, -0.1) is 11.3 Å². The summed E-state index contributed by atoms with van der Waals surface area (Å²) in [6.07, 6.45) is 5.54. The van der Waals surface area contributed by atoms with Crippen molar-refractivity contribution in [2.24, 2.45) is 5.73 Å². The quantitative estimate of drug-likeness (QED) is 0.839. The molecule has 0 bridgehead atoms. The zero-order valence-electron chi connectivity index (χ0n) is 10.8. The van der Waals surface area contributed by atoms with Crippen LogP contribution in [0.3, 0.4) is 0 Å². The molecule has 1 aliphatic rings. The molecule has 3 N–H and O–H groups in total. The van der Waals surface area contributed by atoms with E-state index >= 15 is 0 Å². The number of nitrogens with two attached hydrogens (primary N) is 1. The number of sulfonamides is 1. The lowest BCUT2D eigenvalue weighted by atomic mass is 10.4. The van der Waals surface area contributed by atoms with E-state index in [1.807, 2.05) is 4.57 Å². The average molecular weight is 312 g/mol. The number of hydrogen-bond donors (Lipinski definition) is 2. The van der Waals surface area contributed by atoms with Gasteiger partial charge >= 0.3 is 0 Å². The van der Waals surface area contributed by atoms with E-state index in [9.17, 15) is 8.42 Å². The SMILES string of the molecule is NCc1cc(S(=O)(=O)NCc2cncs2)cn1C1CC1. The van der Waals surface area contributed by atoms with Gasteiger partial charge in [0.15, 0.2) is 0 Å². The lowest BCUT2D eigenvalue weighted by Gasteiger charge is -2.04. The predicted molar refractivity (Wildman–Crippen MR) is 76.7 cm³/mol. The molecule has 1 aliphatic carbocycles. The van der Waals surface area contributed by atoms with E-state index in [2.05, 4.69) is 9.71 Å². The van der Waals surface area contributed by atoms with Gasteiger partial charge in [-0.2, -0.15) is 0 Å². The Bertz CT molecular complexity index is 687. The summed E-state index contributed by atoms with van der Waals surface area (Å²) in [4.78, 5) is 5.09. The highest BCUT2D eigenvalue weighted by Crippen LogP contribution is 2.37. The summed E-state index contributed by atoms with van der Waals surface area (Å²) in [6.45, 7) is 0.612. The fraction of sp³-hybridized carbons (Fsp3) is 0.417. The third-order valence-corrected chi connectivity index (χ3v) is 5.43. The fourth-order valence-corrected chi connectivity index (χ4v) is 3.76. The van der Waals surface area contributed by atoms with Gasteiger partial charge in [0.2, 0.25) is 10.0 Å². The zero-order chi connectivity index (χ0) is 14.2. The van der Waals surface area contributed by atoms with Crippen LogP contribution in [0.4, 0.5) is 0 Å². The Balaban J connectivity index is 1.79. The van der Waals surface area contributed by atoms with Crippen molar-refractivity contribution in [3.63, 3.8) is 0 Å². The Hall–Kier alpha value is -1.22. The van der Waals surface area contributed by atoms with Crippen LogP contribution in [0.5, 0.6) is 0 Å². The second-order valence-corrected chi connectivity index (χ2v) is 7.54. The number of nitrogens with zero attached hydrogens (tertiary/aromatic N) is 2. The number of rotatable bonds is 6. The summed E-state index contributed by atoms with van der Waals surface area (Å²) in [7, 11) is -3.50. The molecule has 8 heteroatoms. The van der Waals surface area contributed by atoms with E-state index in [1.54, 1.807) is 24.0 Å². The van der Waals surface area contributed by atoms with Gasteiger partial charge in [-0.25, -0.2) is 13.1 Å². The molecule has 2 aromatic rings. The topological polar surface area (TPSA) is 90.0 Å². The van der Waals surface area contributed by atoms with E-state index in [-0.39, 0.29) is 11.4 Å². The Morgan fingerprint density at radius 3 is 2.90 bits per heavy atom. The van der Waals surface area contributed by atoms with Crippen molar-refractivity contribution in [1.29, 1.82) is 0 Å². The minimum atomic E-state index is -3.50. The minimum Gasteiger partial charge on any atom is -0.346 e. The van der Waals surface area contributed by atoms with Gasteiger partial charge in [0.1, 0.15) is 0 Å². The first kappa shape index (κ1) is 13.7. The third kappa shape index (κ3) is 2.78. The first-order valence-electron chi connectivity index (χ1n) is 6.38. The number of hydrogen-bond acceptors (Lipinski definition) is 5. The highest BCUT2D eigenvalue weighted by Gasteiger charge is 2.27. The molecule has 2 heterocycles. The van der Waals surface area contributed by atoms with Gasteiger partial charge in [0, 0.05) is 42.1 Å². The lowest BCUT2D eigenvalue weighted by Crippen LogP contribution is -2.22. The molecule has 20 heavy (non-hydrogen) atoms. The molecule has 0 amide bonds. The van der Waals surface area contributed by atoms with Gasteiger partial charge in [0.05, 0.1) is 10.4 Å². The van der Waals surface area contributed by atoms with E-state index in [0.29, 0.717) is 12.6 Å². The van der Waals surface area contributed by atoms with Gasteiger partial charge < -0.3 is 10.3 Å². The Kier molecular flexibility index (Phi) is 3.63. The maximum absolute atomic E-state index is 12.3. The fourth-order valence-electron chi connectivity index (χ4n) is 2.08. The van der Waals surface area contributed by atoms with Crippen molar-refractivity contribution in [2.45, 2.75) is 36.9 Å². The molecule has 0 spiro atoms. The van der Waals surface area contributed by atoms with Gasteiger partial charge in [-0.1, -0.05) is 0 Å². The maximum Gasteiger partial charge on any atom is 0.242 e. The molecule has 0 aliphatic heterocycles. The molecule has 0 radical (unpaired) electrons. The molecular formula is C12H16N4O2S2. The summed E-state index contributed by atoms with van der Waals surface area (Å²) >= 11 is 1.42. The zero-order valence-corrected chi connectivity index (χ0v) is 12.5. The molecule has 3 rings (SSSR count). The molecule has 1 fully saturated rings. The van der Waals surface area contributed by atoms with E-state index < -0.39 is 10.0 Å². The van der Waals surface area contributed by atoms with Crippen LogP contribution in [0.1, 0.15) is 29.5 Å². The van der Waals surface area contributed by atoms with E-state index in [1.165, 1.54) is 11.3 Å². The van der Waals surface area contributed by atoms with Crippen molar-refractivity contribution in [2.75, 3.05) is 0 Å². The first-order valence-corrected chi connectivity index (χ1v) is 8.74. The molecule has 6 nitrogen and oxygen atoms in total. The van der Waals surface area contributed by atoms with Crippen molar-refractivity contribution >= 4 is 21.4 Å². The third-order valence-electron chi connectivity index (χ3n) is 3.29.